The molecule has 5 nitrogen and oxygen atoms in total. The van der Waals surface area contributed by atoms with Crippen LogP contribution in [0.5, 0.6) is 0 Å². The van der Waals surface area contributed by atoms with E-state index in [2.05, 4.69) is 0 Å². The second-order valence-electron chi connectivity index (χ2n) is 2.93. The van der Waals surface area contributed by atoms with Gasteiger partial charge in [-0.2, -0.15) is 10.5 Å². The van der Waals surface area contributed by atoms with E-state index in [0.717, 1.165) is 0 Å². The summed E-state index contributed by atoms with van der Waals surface area (Å²) in [7, 11) is 0. The minimum Gasteiger partial charge on any atom is -0.339 e. The summed E-state index contributed by atoms with van der Waals surface area (Å²) in [5, 5.41) is 16.8. The molecule has 2 N–H and O–H groups in total. The first kappa shape index (κ1) is 12.4. The minimum atomic E-state index is -0.576. The normalized spacial score (nSPS) is 11.1. The van der Waals surface area contributed by atoms with Gasteiger partial charge in [0.05, 0.1) is 31.0 Å². The molecule has 76 valence electrons. The van der Waals surface area contributed by atoms with Gasteiger partial charge in [0, 0.05) is 13.1 Å². The van der Waals surface area contributed by atoms with Gasteiger partial charge in [0.25, 0.3) is 0 Å². The van der Waals surface area contributed by atoms with Crippen molar-refractivity contribution in [3.63, 3.8) is 0 Å². The molecule has 0 aliphatic heterocycles. The van der Waals surface area contributed by atoms with Crippen molar-refractivity contribution in [2.45, 2.75) is 25.8 Å². The molecule has 0 unspecified atom stereocenters. The van der Waals surface area contributed by atoms with Crippen molar-refractivity contribution in [1.82, 2.24) is 4.90 Å². The van der Waals surface area contributed by atoms with E-state index in [1.165, 1.54) is 4.90 Å². The minimum absolute atomic E-state index is 0.212. The van der Waals surface area contributed by atoms with Gasteiger partial charge in [0.15, 0.2) is 0 Å². The van der Waals surface area contributed by atoms with Crippen LogP contribution in [0.15, 0.2) is 0 Å². The average Bonchev–Trinajstić information content (AvgIpc) is 2.17. The van der Waals surface area contributed by atoms with E-state index in [-0.39, 0.29) is 18.7 Å². The second-order valence-corrected chi connectivity index (χ2v) is 2.93. The third-order valence-electron chi connectivity index (χ3n) is 1.69. The molecule has 0 aliphatic rings. The number of carbonyl (C=O) groups excluding carboxylic acids is 1. The zero-order valence-electron chi connectivity index (χ0n) is 8.23. The fourth-order valence-corrected chi connectivity index (χ4v) is 0.990. The second kappa shape index (κ2) is 6.88. The molecule has 0 radical (unpaired) electrons. The number of hydrogen-bond acceptors (Lipinski definition) is 4. The Bertz CT molecular complexity index is 243. The van der Waals surface area contributed by atoms with Crippen molar-refractivity contribution in [2.75, 3.05) is 13.1 Å². The zero-order chi connectivity index (χ0) is 11.0. The maximum Gasteiger partial charge on any atom is 0.239 e. The van der Waals surface area contributed by atoms with E-state index in [9.17, 15) is 4.79 Å². The number of nitriles is 2. The van der Waals surface area contributed by atoms with Gasteiger partial charge in [0.2, 0.25) is 5.91 Å². The lowest BCUT2D eigenvalue weighted by molar-refractivity contribution is -0.132. The van der Waals surface area contributed by atoms with Gasteiger partial charge < -0.3 is 10.6 Å². The van der Waals surface area contributed by atoms with E-state index >= 15 is 0 Å². The molecular formula is C9H14N4O. The Balaban J connectivity index is 4.18. The van der Waals surface area contributed by atoms with Crippen LogP contribution in [0.2, 0.25) is 0 Å². The fraction of sp³-hybridized carbons (Fsp3) is 0.667. The van der Waals surface area contributed by atoms with Crippen LogP contribution in [0.3, 0.4) is 0 Å². The summed E-state index contributed by atoms with van der Waals surface area (Å²) < 4.78 is 0. The highest BCUT2D eigenvalue weighted by Gasteiger charge is 2.16. The molecule has 5 heteroatoms. The summed E-state index contributed by atoms with van der Waals surface area (Å²) in [4.78, 5) is 12.9. The third kappa shape index (κ3) is 4.44. The van der Waals surface area contributed by atoms with Crippen molar-refractivity contribution in [2.24, 2.45) is 5.73 Å². The van der Waals surface area contributed by atoms with Gasteiger partial charge in [-0.05, 0) is 6.92 Å². The van der Waals surface area contributed by atoms with Gasteiger partial charge in [-0.25, -0.2) is 0 Å². The quantitative estimate of drug-likeness (QED) is 0.666. The molecule has 14 heavy (non-hydrogen) atoms. The first-order valence-corrected chi connectivity index (χ1v) is 4.41. The molecule has 1 atom stereocenters. The molecule has 0 aromatic carbocycles. The first-order chi connectivity index (χ1) is 6.63. The molecule has 0 spiro atoms. The largest absolute Gasteiger partial charge is 0.339 e. The van der Waals surface area contributed by atoms with Crippen LogP contribution in [0, 0.1) is 22.7 Å². The summed E-state index contributed by atoms with van der Waals surface area (Å²) in [6.45, 7) is 2.28. The molecule has 0 bridgehead atoms. The molecular weight excluding hydrogens is 180 g/mol. The van der Waals surface area contributed by atoms with Crippen LogP contribution in [-0.4, -0.2) is 29.9 Å². The number of hydrogen-bond donors (Lipinski definition) is 1. The Hall–Kier alpha value is -1.59. The van der Waals surface area contributed by atoms with Gasteiger partial charge in [-0.3, -0.25) is 4.79 Å². The number of nitrogens with zero attached hydrogens (tertiary/aromatic N) is 3. The molecule has 0 heterocycles. The summed E-state index contributed by atoms with van der Waals surface area (Å²) in [6.07, 6.45) is 0.535. The van der Waals surface area contributed by atoms with Crippen molar-refractivity contribution in [3.8, 4) is 12.1 Å². The predicted octanol–water partition coefficient (Wildman–Crippen LogP) is -0.0104. The summed E-state index contributed by atoms with van der Waals surface area (Å²) >= 11 is 0. The zero-order valence-corrected chi connectivity index (χ0v) is 8.23. The van der Waals surface area contributed by atoms with Crippen molar-refractivity contribution < 1.29 is 4.79 Å². The predicted molar refractivity (Wildman–Crippen MR) is 50.7 cm³/mol. The molecule has 0 rings (SSSR count). The summed E-state index contributed by atoms with van der Waals surface area (Å²) in [6, 6.07) is 3.33. The van der Waals surface area contributed by atoms with Crippen LogP contribution in [0.4, 0.5) is 0 Å². The molecule has 0 aliphatic carbocycles. The Morgan fingerprint density at radius 3 is 2.07 bits per heavy atom. The van der Waals surface area contributed by atoms with Crippen molar-refractivity contribution in [3.05, 3.63) is 0 Å². The van der Waals surface area contributed by atoms with E-state index in [0.29, 0.717) is 13.1 Å². The molecule has 0 aromatic rings. The molecule has 0 saturated carbocycles. The maximum absolute atomic E-state index is 11.4. The maximum atomic E-state index is 11.4. The Labute approximate surface area is 83.7 Å². The third-order valence-corrected chi connectivity index (χ3v) is 1.69. The Morgan fingerprint density at radius 1 is 1.36 bits per heavy atom. The van der Waals surface area contributed by atoms with Gasteiger partial charge in [-0.1, -0.05) is 0 Å². The molecule has 0 aromatic heterocycles. The lowest BCUT2D eigenvalue weighted by Crippen LogP contribution is -2.42. The van der Waals surface area contributed by atoms with Crippen LogP contribution in [0.1, 0.15) is 19.8 Å². The summed E-state index contributed by atoms with van der Waals surface area (Å²) in [5.74, 6) is -0.212. The van der Waals surface area contributed by atoms with Gasteiger partial charge in [0.1, 0.15) is 0 Å². The van der Waals surface area contributed by atoms with Crippen LogP contribution >= 0.6 is 0 Å². The average molecular weight is 194 g/mol. The monoisotopic (exact) mass is 194 g/mol. The highest BCUT2D eigenvalue weighted by Crippen LogP contribution is 1.97. The first-order valence-electron chi connectivity index (χ1n) is 4.41. The van der Waals surface area contributed by atoms with Gasteiger partial charge >= 0.3 is 0 Å². The number of amides is 1. The van der Waals surface area contributed by atoms with E-state index < -0.39 is 6.04 Å². The highest BCUT2D eigenvalue weighted by atomic mass is 16.2. The Morgan fingerprint density at radius 2 is 1.79 bits per heavy atom. The number of rotatable bonds is 5. The number of carbonyl (C=O) groups is 1. The lowest BCUT2D eigenvalue weighted by atomic mass is 10.2. The highest BCUT2D eigenvalue weighted by molar-refractivity contribution is 5.81. The van der Waals surface area contributed by atoms with E-state index in [1.807, 2.05) is 12.1 Å². The van der Waals surface area contributed by atoms with E-state index in [1.54, 1.807) is 6.92 Å². The lowest BCUT2D eigenvalue weighted by Gasteiger charge is -2.22. The van der Waals surface area contributed by atoms with Crippen molar-refractivity contribution in [1.29, 1.82) is 10.5 Å². The Kier molecular flexibility index (Phi) is 6.09. The van der Waals surface area contributed by atoms with Gasteiger partial charge in [-0.15, -0.1) is 0 Å². The van der Waals surface area contributed by atoms with Crippen LogP contribution in [-0.2, 0) is 4.79 Å². The number of nitrogens with two attached hydrogens (primary N) is 1. The fourth-order valence-electron chi connectivity index (χ4n) is 0.990. The molecule has 0 fully saturated rings. The summed E-state index contributed by atoms with van der Waals surface area (Å²) in [5.41, 5.74) is 5.42. The van der Waals surface area contributed by atoms with E-state index in [4.69, 9.17) is 16.3 Å². The standard InChI is InChI=1S/C9H14N4O/c1-8(12)9(14)13(6-2-4-10)7-3-5-11/h8H,2-3,6-7,12H2,1H3/t8-/m1/s1. The van der Waals surface area contributed by atoms with Crippen LogP contribution < -0.4 is 5.73 Å². The smallest absolute Gasteiger partial charge is 0.239 e. The molecule has 0 saturated heterocycles. The SMILES string of the molecule is C[C@@H](N)C(=O)N(CCC#N)CCC#N. The van der Waals surface area contributed by atoms with Crippen LogP contribution in [0.25, 0.3) is 0 Å². The van der Waals surface area contributed by atoms with Crippen molar-refractivity contribution >= 4 is 5.91 Å². The topological polar surface area (TPSA) is 93.9 Å². The molecule has 1 amide bonds.